The molecule has 1 aromatic carbocycles. The molecule has 0 bridgehead atoms. The van der Waals surface area contributed by atoms with Gasteiger partial charge in [-0.2, -0.15) is 0 Å². The lowest BCUT2D eigenvalue weighted by atomic mass is 10.2. The van der Waals surface area contributed by atoms with Crippen LogP contribution in [0.25, 0.3) is 11.2 Å². The van der Waals surface area contributed by atoms with Gasteiger partial charge in [0.15, 0.2) is 11.2 Å². The van der Waals surface area contributed by atoms with Gasteiger partial charge < -0.3 is 14.5 Å². The van der Waals surface area contributed by atoms with E-state index in [1.54, 1.807) is 43.5 Å². The number of amides is 1. The summed E-state index contributed by atoms with van der Waals surface area (Å²) in [5.41, 5.74) is 1.23. The first-order valence-corrected chi connectivity index (χ1v) is 7.60. The lowest BCUT2D eigenvalue weighted by Gasteiger charge is -2.15. The molecule has 0 saturated carbocycles. The summed E-state index contributed by atoms with van der Waals surface area (Å²) >= 11 is 0. The molecule has 0 saturated heterocycles. The van der Waals surface area contributed by atoms with Crippen LogP contribution in [-0.4, -0.2) is 22.1 Å². The average Bonchev–Trinajstić information content (AvgIpc) is 2.92. The van der Waals surface area contributed by atoms with E-state index in [0.717, 1.165) is 0 Å². The maximum absolute atomic E-state index is 12.6. The predicted octanol–water partition coefficient (Wildman–Crippen LogP) is 2.59. The van der Waals surface area contributed by atoms with E-state index in [-0.39, 0.29) is 5.91 Å². The monoisotopic (exact) mass is 327 g/mol. The quantitative estimate of drug-likeness (QED) is 0.778. The number of carbonyl (C=O) groups is 1. The molecular formula is C17H17N3O4. The molecule has 0 fully saturated rings. The van der Waals surface area contributed by atoms with Crippen molar-refractivity contribution in [2.75, 3.05) is 11.9 Å². The van der Waals surface area contributed by atoms with Crippen LogP contribution in [0.4, 0.5) is 5.69 Å². The van der Waals surface area contributed by atoms with Crippen molar-refractivity contribution in [2.45, 2.75) is 19.9 Å². The number of ether oxygens (including phenoxy) is 1. The fourth-order valence-corrected chi connectivity index (χ4v) is 2.42. The summed E-state index contributed by atoms with van der Waals surface area (Å²) in [6, 6.07) is 9.64. The zero-order chi connectivity index (χ0) is 17.1. The SMILES string of the molecule is CCOc1ccccc1NC(=O)C(C)n1c(=O)oc2cccnc21. The highest BCUT2D eigenvalue weighted by Gasteiger charge is 2.22. The van der Waals surface area contributed by atoms with Crippen LogP contribution in [0.2, 0.25) is 0 Å². The van der Waals surface area contributed by atoms with E-state index in [9.17, 15) is 9.59 Å². The Morgan fingerprint density at radius 1 is 1.33 bits per heavy atom. The molecule has 1 amide bonds. The van der Waals surface area contributed by atoms with Gasteiger partial charge in [-0.1, -0.05) is 12.1 Å². The van der Waals surface area contributed by atoms with Gasteiger partial charge in [-0.05, 0) is 38.1 Å². The standard InChI is InChI=1S/C17H17N3O4/c1-3-23-13-8-5-4-7-12(13)19-16(21)11(2)20-15-14(24-17(20)22)9-6-10-18-15/h4-11H,3H2,1-2H3,(H,19,21). The van der Waals surface area contributed by atoms with Gasteiger partial charge in [0.25, 0.3) is 0 Å². The molecule has 1 atom stereocenters. The van der Waals surface area contributed by atoms with E-state index in [0.29, 0.717) is 29.3 Å². The Morgan fingerprint density at radius 3 is 2.92 bits per heavy atom. The van der Waals surface area contributed by atoms with Crippen LogP contribution in [-0.2, 0) is 4.79 Å². The fraction of sp³-hybridized carbons (Fsp3) is 0.235. The lowest BCUT2D eigenvalue weighted by Crippen LogP contribution is -2.29. The molecule has 7 nitrogen and oxygen atoms in total. The summed E-state index contributed by atoms with van der Waals surface area (Å²) in [6.45, 7) is 3.96. The molecule has 3 rings (SSSR count). The van der Waals surface area contributed by atoms with Crippen molar-refractivity contribution in [1.82, 2.24) is 9.55 Å². The minimum atomic E-state index is -0.789. The van der Waals surface area contributed by atoms with Crippen molar-refractivity contribution in [1.29, 1.82) is 0 Å². The lowest BCUT2D eigenvalue weighted by molar-refractivity contribution is -0.118. The average molecular weight is 327 g/mol. The molecule has 1 N–H and O–H groups in total. The largest absolute Gasteiger partial charge is 0.492 e. The van der Waals surface area contributed by atoms with E-state index < -0.39 is 11.8 Å². The van der Waals surface area contributed by atoms with E-state index in [1.165, 1.54) is 4.57 Å². The minimum absolute atomic E-state index is 0.336. The molecule has 0 aliphatic heterocycles. The van der Waals surface area contributed by atoms with Crippen molar-refractivity contribution in [3.05, 3.63) is 53.1 Å². The van der Waals surface area contributed by atoms with E-state index in [2.05, 4.69) is 10.3 Å². The molecule has 7 heteroatoms. The van der Waals surface area contributed by atoms with Crippen LogP contribution in [0.1, 0.15) is 19.9 Å². The Labute approximate surface area is 137 Å². The first-order valence-electron chi connectivity index (χ1n) is 7.60. The Morgan fingerprint density at radius 2 is 2.12 bits per heavy atom. The number of carbonyl (C=O) groups excluding carboxylic acids is 1. The highest BCUT2D eigenvalue weighted by Crippen LogP contribution is 2.25. The van der Waals surface area contributed by atoms with Crippen molar-refractivity contribution in [2.24, 2.45) is 0 Å². The molecule has 0 aliphatic rings. The molecule has 0 aliphatic carbocycles. The van der Waals surface area contributed by atoms with Gasteiger partial charge in [-0.15, -0.1) is 0 Å². The summed E-state index contributed by atoms with van der Waals surface area (Å²) in [6.07, 6.45) is 1.54. The van der Waals surface area contributed by atoms with Crippen LogP contribution in [0.5, 0.6) is 5.75 Å². The number of para-hydroxylation sites is 2. The fourth-order valence-electron chi connectivity index (χ4n) is 2.42. The van der Waals surface area contributed by atoms with Gasteiger partial charge >= 0.3 is 5.76 Å². The number of aromatic nitrogens is 2. The number of nitrogens with one attached hydrogen (secondary N) is 1. The van der Waals surface area contributed by atoms with Crippen molar-refractivity contribution in [3.63, 3.8) is 0 Å². The first-order chi connectivity index (χ1) is 11.6. The number of nitrogens with zero attached hydrogens (tertiary/aromatic N) is 2. The summed E-state index contributed by atoms with van der Waals surface area (Å²) in [4.78, 5) is 28.7. The zero-order valence-electron chi connectivity index (χ0n) is 13.4. The van der Waals surface area contributed by atoms with Crippen LogP contribution in [0, 0.1) is 0 Å². The molecule has 24 heavy (non-hydrogen) atoms. The van der Waals surface area contributed by atoms with E-state index in [1.807, 2.05) is 13.0 Å². The van der Waals surface area contributed by atoms with Gasteiger partial charge in [0, 0.05) is 6.20 Å². The van der Waals surface area contributed by atoms with Crippen LogP contribution >= 0.6 is 0 Å². The highest BCUT2D eigenvalue weighted by atomic mass is 16.5. The molecular weight excluding hydrogens is 310 g/mol. The number of pyridine rings is 1. The maximum atomic E-state index is 12.6. The summed E-state index contributed by atoms with van der Waals surface area (Å²) < 4.78 is 11.8. The van der Waals surface area contributed by atoms with Crippen LogP contribution in [0.3, 0.4) is 0 Å². The van der Waals surface area contributed by atoms with Crippen LogP contribution < -0.4 is 15.8 Å². The second kappa shape index (κ2) is 6.57. The third-order valence-electron chi connectivity index (χ3n) is 3.58. The summed E-state index contributed by atoms with van der Waals surface area (Å²) in [5.74, 6) is -0.412. The third-order valence-corrected chi connectivity index (χ3v) is 3.58. The number of fused-ring (bicyclic) bond motifs is 1. The molecule has 0 radical (unpaired) electrons. The number of oxazole rings is 1. The van der Waals surface area contributed by atoms with Crippen molar-refractivity contribution >= 4 is 22.8 Å². The molecule has 0 spiro atoms. The first kappa shape index (κ1) is 15.8. The predicted molar refractivity (Wildman–Crippen MR) is 89.2 cm³/mol. The van der Waals surface area contributed by atoms with Crippen LogP contribution in [0.15, 0.2) is 51.8 Å². The highest BCUT2D eigenvalue weighted by molar-refractivity contribution is 5.95. The van der Waals surface area contributed by atoms with Crippen molar-refractivity contribution < 1.29 is 13.9 Å². The van der Waals surface area contributed by atoms with Gasteiger partial charge in [-0.3, -0.25) is 4.79 Å². The zero-order valence-corrected chi connectivity index (χ0v) is 13.4. The number of hydrogen-bond acceptors (Lipinski definition) is 5. The van der Waals surface area contributed by atoms with Gasteiger partial charge in [0.2, 0.25) is 5.91 Å². The Bertz CT molecular complexity index is 929. The van der Waals surface area contributed by atoms with E-state index in [4.69, 9.17) is 9.15 Å². The molecule has 1 unspecified atom stereocenters. The van der Waals surface area contributed by atoms with Gasteiger partial charge in [0.05, 0.1) is 12.3 Å². The smallest absolute Gasteiger partial charge is 0.421 e. The van der Waals surface area contributed by atoms with Gasteiger partial charge in [0.1, 0.15) is 11.8 Å². The van der Waals surface area contributed by atoms with Crippen molar-refractivity contribution in [3.8, 4) is 5.75 Å². The summed E-state index contributed by atoms with van der Waals surface area (Å²) in [5, 5.41) is 2.78. The Balaban J connectivity index is 1.90. The second-order valence-electron chi connectivity index (χ2n) is 5.16. The molecule has 2 aromatic heterocycles. The maximum Gasteiger partial charge on any atom is 0.421 e. The number of anilines is 1. The molecule has 124 valence electrons. The van der Waals surface area contributed by atoms with Gasteiger partial charge in [-0.25, -0.2) is 14.3 Å². The number of rotatable bonds is 5. The number of hydrogen-bond donors (Lipinski definition) is 1. The molecule has 2 heterocycles. The minimum Gasteiger partial charge on any atom is -0.492 e. The number of benzene rings is 1. The Kier molecular flexibility index (Phi) is 4.33. The summed E-state index contributed by atoms with van der Waals surface area (Å²) in [7, 11) is 0. The third kappa shape index (κ3) is 2.88. The van der Waals surface area contributed by atoms with E-state index >= 15 is 0 Å². The molecule has 3 aromatic rings. The topological polar surface area (TPSA) is 86.4 Å². The second-order valence-corrected chi connectivity index (χ2v) is 5.16. The Hall–Kier alpha value is -3.09. The normalized spacial score (nSPS) is 12.1.